The van der Waals surface area contributed by atoms with Gasteiger partial charge in [0.05, 0.1) is 0 Å². The third-order valence-electron chi connectivity index (χ3n) is 2.24. The Morgan fingerprint density at radius 2 is 2.11 bits per heavy atom. The number of methoxy groups -OCH3 is 1. The number of rotatable bonds is 3. The fraction of sp³-hybridized carbons (Fsp3) is 0.400. The van der Waals surface area contributed by atoms with E-state index in [9.17, 15) is 23.3 Å². The van der Waals surface area contributed by atoms with Crippen molar-refractivity contribution in [2.24, 2.45) is 0 Å². The summed E-state index contributed by atoms with van der Waals surface area (Å²) in [5.74, 6) is 0. The van der Waals surface area contributed by atoms with Crippen LogP contribution in [0.5, 0.6) is 0 Å². The highest BCUT2D eigenvalue weighted by Crippen LogP contribution is 2.22. The maximum Gasteiger partial charge on any atom is 0.459 e. The molecule has 0 amide bonds. The highest BCUT2D eigenvalue weighted by atomic mass is 35.5. The highest BCUT2D eigenvalue weighted by molar-refractivity contribution is 6.31. The molecule has 0 saturated carbocycles. The topological polar surface area (TPSA) is 52.4 Å². The zero-order chi connectivity index (χ0) is 13.9. The van der Waals surface area contributed by atoms with Crippen LogP contribution >= 0.6 is 11.6 Å². The van der Waals surface area contributed by atoms with Crippen LogP contribution in [0.3, 0.4) is 0 Å². The van der Waals surface area contributed by atoms with E-state index >= 15 is 0 Å². The van der Waals surface area contributed by atoms with E-state index < -0.39 is 23.7 Å². The zero-order valence-corrected chi connectivity index (χ0v) is 9.96. The maximum atomic E-state index is 11.6. The summed E-state index contributed by atoms with van der Waals surface area (Å²) in [4.78, 5) is 8.33. The smallest absolute Gasteiger partial charge is 0.377 e. The third kappa shape index (κ3) is 3.33. The molecule has 0 fully saturated rings. The minimum atomic E-state index is -4.83. The minimum Gasteiger partial charge on any atom is -0.377 e. The average Bonchev–Trinajstić information content (AvgIpc) is 2.20. The van der Waals surface area contributed by atoms with E-state index in [0.717, 1.165) is 12.1 Å². The van der Waals surface area contributed by atoms with Crippen molar-refractivity contribution in [3.8, 4) is 0 Å². The number of hydrogen-bond donors (Lipinski definition) is 0. The Morgan fingerprint density at radius 1 is 1.50 bits per heavy atom. The molecule has 0 bridgehead atoms. The lowest BCUT2D eigenvalue weighted by Gasteiger charge is -2.10. The Morgan fingerprint density at radius 3 is 2.17 bits per heavy atom. The number of nitrogens with zero attached hydrogens (tertiary/aromatic N) is 1. The van der Waals surface area contributed by atoms with Gasteiger partial charge in [0.1, 0.15) is 6.61 Å². The van der Waals surface area contributed by atoms with Gasteiger partial charge in [-0.1, -0.05) is 23.7 Å². The lowest BCUT2D eigenvalue weighted by atomic mass is 10.1. The Hall–Kier alpha value is -1.34. The van der Waals surface area contributed by atoms with Crippen molar-refractivity contribution < 1.29 is 22.8 Å². The molecular weight excluding hydrogens is 275 g/mol. The van der Waals surface area contributed by atoms with Crippen molar-refractivity contribution >= 4 is 11.6 Å². The number of benzene rings is 1. The van der Waals surface area contributed by atoms with Gasteiger partial charge < -0.3 is 4.74 Å². The number of ether oxygens (including phenoxy) is 1. The number of alkyl halides is 3. The molecular formula is C10H9ClF3NO3. The predicted molar refractivity (Wildman–Crippen MR) is 57.8 cm³/mol. The molecule has 0 saturated heterocycles. The SMILES string of the molecule is COCC([N+](=O)[O-])C(F)(F)F.Clc1cc2ccc1=2. The van der Waals surface area contributed by atoms with E-state index in [-0.39, 0.29) is 0 Å². The minimum absolute atomic E-state index is 0.914. The van der Waals surface area contributed by atoms with Crippen LogP contribution in [0.2, 0.25) is 5.02 Å². The largest absolute Gasteiger partial charge is 0.459 e. The summed E-state index contributed by atoms with van der Waals surface area (Å²) in [7, 11) is 0.974. The van der Waals surface area contributed by atoms with Gasteiger partial charge in [-0.25, -0.2) is 0 Å². The first-order valence-electron chi connectivity index (χ1n) is 4.76. The molecule has 4 nitrogen and oxygen atoms in total. The Labute approximate surface area is 105 Å². The molecule has 0 radical (unpaired) electrons. The first kappa shape index (κ1) is 14.7. The Bertz CT molecular complexity index is 532. The summed E-state index contributed by atoms with van der Waals surface area (Å²) in [5.41, 5.74) is 0. The molecule has 0 aromatic carbocycles. The molecule has 2 rings (SSSR count). The van der Waals surface area contributed by atoms with Crippen LogP contribution in [-0.4, -0.2) is 30.9 Å². The summed E-state index contributed by atoms with van der Waals surface area (Å²) < 4.78 is 38.9. The number of halogens is 4. The molecule has 2 aliphatic carbocycles. The highest BCUT2D eigenvalue weighted by Gasteiger charge is 2.49. The van der Waals surface area contributed by atoms with Gasteiger partial charge in [0.25, 0.3) is 0 Å². The number of nitro groups is 1. The van der Waals surface area contributed by atoms with Gasteiger partial charge in [-0.15, -0.1) is 0 Å². The van der Waals surface area contributed by atoms with Gasteiger partial charge in [-0.3, -0.25) is 10.1 Å². The fourth-order valence-electron chi connectivity index (χ4n) is 1.18. The quantitative estimate of drug-likeness (QED) is 0.643. The standard InChI is InChI=1S/C6H3Cl.C4H6F3NO3/c7-6-3-4-1-2-5(4)6;1-11-2-3(8(9)10)4(5,6)7/h1-3H;3H,2H2,1H3. The summed E-state index contributed by atoms with van der Waals surface area (Å²) in [6.07, 6.45) is -4.83. The van der Waals surface area contributed by atoms with Gasteiger partial charge in [0.2, 0.25) is 0 Å². The normalized spacial score (nSPS) is 13.4. The van der Waals surface area contributed by atoms with E-state index in [4.69, 9.17) is 11.6 Å². The van der Waals surface area contributed by atoms with Crippen molar-refractivity contribution in [1.82, 2.24) is 0 Å². The zero-order valence-electron chi connectivity index (χ0n) is 9.20. The molecule has 0 heterocycles. The van der Waals surface area contributed by atoms with Crippen molar-refractivity contribution in [3.63, 3.8) is 0 Å². The van der Waals surface area contributed by atoms with Gasteiger partial charge in [0.15, 0.2) is 0 Å². The molecule has 0 spiro atoms. The molecule has 2 aliphatic rings. The summed E-state index contributed by atoms with van der Waals surface area (Å²) >= 11 is 5.60. The van der Waals surface area contributed by atoms with Crippen molar-refractivity contribution in [2.45, 2.75) is 12.2 Å². The Kier molecular flexibility index (Phi) is 4.53. The number of hydrogen-bond acceptors (Lipinski definition) is 3. The van der Waals surface area contributed by atoms with Crippen LogP contribution in [0.25, 0.3) is 0 Å². The molecule has 8 heteroatoms. The second-order valence-electron chi connectivity index (χ2n) is 3.49. The van der Waals surface area contributed by atoms with Crippen molar-refractivity contribution in [2.75, 3.05) is 13.7 Å². The van der Waals surface area contributed by atoms with Gasteiger partial charge in [0, 0.05) is 22.3 Å². The van der Waals surface area contributed by atoms with E-state index in [1.807, 2.05) is 12.1 Å². The molecule has 0 aromatic heterocycles. The first-order valence-corrected chi connectivity index (χ1v) is 5.14. The maximum absolute atomic E-state index is 11.6. The third-order valence-corrected chi connectivity index (χ3v) is 2.55. The second kappa shape index (κ2) is 5.53. The van der Waals surface area contributed by atoms with E-state index in [2.05, 4.69) is 10.8 Å². The summed E-state index contributed by atoms with van der Waals surface area (Å²) in [6, 6.07) is 3.43. The van der Waals surface area contributed by atoms with Crippen LogP contribution in [0, 0.1) is 20.6 Å². The van der Waals surface area contributed by atoms with E-state index in [1.54, 1.807) is 0 Å². The van der Waals surface area contributed by atoms with Crippen LogP contribution in [0.15, 0.2) is 18.2 Å². The monoisotopic (exact) mass is 283 g/mol. The molecule has 1 unspecified atom stereocenters. The van der Waals surface area contributed by atoms with E-state index in [0.29, 0.717) is 0 Å². The lowest BCUT2D eigenvalue weighted by Crippen LogP contribution is -2.39. The van der Waals surface area contributed by atoms with Crippen molar-refractivity contribution in [1.29, 1.82) is 0 Å². The second-order valence-corrected chi connectivity index (χ2v) is 3.90. The first-order chi connectivity index (χ1) is 8.27. The molecule has 18 heavy (non-hydrogen) atoms. The summed E-state index contributed by atoms with van der Waals surface area (Å²) in [5, 5.41) is 13.2. The van der Waals surface area contributed by atoms with E-state index in [1.165, 1.54) is 10.4 Å². The average molecular weight is 284 g/mol. The van der Waals surface area contributed by atoms with Crippen LogP contribution in [0.4, 0.5) is 13.2 Å². The molecule has 1 atom stereocenters. The molecule has 0 aromatic rings. The fourth-order valence-corrected chi connectivity index (χ4v) is 1.47. The van der Waals surface area contributed by atoms with Gasteiger partial charge >= 0.3 is 12.2 Å². The Balaban J connectivity index is 0.000000194. The van der Waals surface area contributed by atoms with Crippen molar-refractivity contribution in [3.05, 3.63) is 43.8 Å². The lowest BCUT2D eigenvalue weighted by molar-refractivity contribution is -0.566. The van der Waals surface area contributed by atoms with Crippen LogP contribution in [0.1, 0.15) is 0 Å². The van der Waals surface area contributed by atoms with Crippen LogP contribution in [-0.2, 0) is 4.74 Å². The van der Waals surface area contributed by atoms with Gasteiger partial charge in [-0.2, -0.15) is 13.2 Å². The molecule has 0 aliphatic heterocycles. The predicted octanol–water partition coefficient (Wildman–Crippen LogP) is 2.78. The molecule has 0 N–H and O–H groups in total. The summed E-state index contributed by atoms with van der Waals surface area (Å²) in [6.45, 7) is -0.948. The van der Waals surface area contributed by atoms with Gasteiger partial charge in [-0.05, 0) is 11.3 Å². The molecule has 100 valence electrons. The van der Waals surface area contributed by atoms with Crippen LogP contribution < -0.4 is 0 Å².